The van der Waals surface area contributed by atoms with Gasteiger partial charge in [0, 0.05) is 62.9 Å². The van der Waals surface area contributed by atoms with E-state index in [-0.39, 0.29) is 25.4 Å². The van der Waals surface area contributed by atoms with E-state index < -0.39 is 11.5 Å². The van der Waals surface area contributed by atoms with Crippen molar-refractivity contribution in [2.45, 2.75) is 12.0 Å². The quantitative estimate of drug-likeness (QED) is 0.583. The molecule has 0 bridgehead atoms. The molecule has 4 rings (SSSR count). The number of likely N-dealkylation sites (tertiary alicyclic amines) is 1. The number of anilines is 1. The van der Waals surface area contributed by atoms with Gasteiger partial charge >= 0.3 is 5.97 Å². The van der Waals surface area contributed by atoms with Gasteiger partial charge in [0.2, 0.25) is 12.3 Å². The molecule has 0 spiro atoms. The lowest BCUT2D eigenvalue weighted by molar-refractivity contribution is -0.146. The molecule has 168 valence electrons. The Labute approximate surface area is 185 Å². The van der Waals surface area contributed by atoms with Crippen LogP contribution >= 0.6 is 0 Å². The number of hydrogen-bond donors (Lipinski definition) is 2. The minimum Gasteiger partial charge on any atom is -0.479 e. The van der Waals surface area contributed by atoms with Crippen molar-refractivity contribution >= 4 is 24.0 Å². The van der Waals surface area contributed by atoms with Crippen LogP contribution in [0.15, 0.2) is 42.7 Å². The topological polar surface area (TPSA) is 119 Å². The summed E-state index contributed by atoms with van der Waals surface area (Å²) in [7, 11) is 0. The molecule has 2 fully saturated rings. The zero-order chi connectivity index (χ0) is 22.6. The molecule has 32 heavy (non-hydrogen) atoms. The third-order valence-corrected chi connectivity index (χ3v) is 6.14. The molecular formula is C22H26N6O4. The van der Waals surface area contributed by atoms with E-state index in [2.05, 4.69) is 20.2 Å². The van der Waals surface area contributed by atoms with Gasteiger partial charge in [-0.2, -0.15) is 0 Å². The molecule has 1 atom stereocenters. The Bertz CT molecular complexity index is 962. The highest BCUT2D eigenvalue weighted by atomic mass is 16.4. The van der Waals surface area contributed by atoms with Crippen LogP contribution in [-0.4, -0.2) is 94.5 Å². The molecule has 10 nitrogen and oxygen atoms in total. The van der Waals surface area contributed by atoms with Crippen LogP contribution in [0.2, 0.25) is 0 Å². The van der Waals surface area contributed by atoms with Crippen LogP contribution in [0.25, 0.3) is 11.4 Å². The summed E-state index contributed by atoms with van der Waals surface area (Å²) in [6.07, 6.45) is 4.13. The summed E-state index contributed by atoms with van der Waals surface area (Å²) in [6, 6.07) is 9.86. The lowest BCUT2D eigenvalue weighted by Gasteiger charge is -2.37. The largest absolute Gasteiger partial charge is 0.479 e. The first kappa shape index (κ1) is 21.7. The fourth-order valence-electron chi connectivity index (χ4n) is 4.27. The number of carbonyl (C=O) groups is 3. The first-order valence-corrected chi connectivity index (χ1v) is 10.6. The number of carboxylic acid groups (broad SMARTS) is 1. The number of carbonyl (C=O) groups excluding carboxylic acids is 2. The summed E-state index contributed by atoms with van der Waals surface area (Å²) in [4.78, 5) is 49.5. The second kappa shape index (κ2) is 9.31. The second-order valence-corrected chi connectivity index (χ2v) is 8.10. The zero-order valence-corrected chi connectivity index (χ0v) is 17.7. The van der Waals surface area contributed by atoms with Gasteiger partial charge in [0.15, 0.2) is 11.4 Å². The Kier molecular flexibility index (Phi) is 6.31. The van der Waals surface area contributed by atoms with E-state index in [1.807, 2.05) is 29.2 Å². The van der Waals surface area contributed by atoms with Gasteiger partial charge in [0.05, 0.1) is 6.54 Å². The van der Waals surface area contributed by atoms with Gasteiger partial charge in [0.1, 0.15) is 0 Å². The van der Waals surface area contributed by atoms with Crippen LogP contribution in [0, 0.1) is 0 Å². The highest BCUT2D eigenvalue weighted by Crippen LogP contribution is 2.23. The molecule has 10 heteroatoms. The predicted molar refractivity (Wildman–Crippen MR) is 117 cm³/mol. The molecular weight excluding hydrogens is 412 g/mol. The van der Waals surface area contributed by atoms with Crippen LogP contribution in [0.3, 0.4) is 0 Å². The molecule has 0 radical (unpaired) electrons. The number of nitrogens with zero attached hydrogens (tertiary/aromatic N) is 5. The van der Waals surface area contributed by atoms with E-state index in [9.17, 15) is 19.5 Å². The fraction of sp³-hybridized carbons (Fsp3) is 0.409. The van der Waals surface area contributed by atoms with Crippen LogP contribution in [-0.2, 0) is 14.4 Å². The van der Waals surface area contributed by atoms with Crippen LogP contribution < -0.4 is 10.2 Å². The zero-order valence-electron chi connectivity index (χ0n) is 17.7. The van der Waals surface area contributed by atoms with Crippen LogP contribution in [0.1, 0.15) is 6.42 Å². The van der Waals surface area contributed by atoms with Crippen molar-refractivity contribution < 1.29 is 19.5 Å². The van der Waals surface area contributed by atoms with Gasteiger partial charge in [-0.3, -0.25) is 14.5 Å². The highest BCUT2D eigenvalue weighted by molar-refractivity contribution is 5.83. The monoisotopic (exact) mass is 438 g/mol. The van der Waals surface area contributed by atoms with Gasteiger partial charge < -0.3 is 20.2 Å². The molecule has 2 aliphatic rings. The van der Waals surface area contributed by atoms with Crippen molar-refractivity contribution in [1.82, 2.24) is 25.1 Å². The summed E-state index contributed by atoms with van der Waals surface area (Å²) in [5.41, 5.74) is 0.732. The molecule has 2 N–H and O–H groups in total. The maximum atomic E-state index is 12.8. The number of aromatic nitrogens is 2. The Morgan fingerprint density at radius 2 is 1.75 bits per heavy atom. The minimum atomic E-state index is -1.31. The standard InChI is InChI=1S/C22H26N6O4/c29-16-25-22(21(31)32)6-9-26(15-22)14-19(30)28-12-10-27(11-13-28)18-4-2-17(3-5-18)20-23-7-1-8-24-20/h1-5,7-8,16H,6,9-15H2,(H,25,29)(H,31,32). The summed E-state index contributed by atoms with van der Waals surface area (Å²) in [5.74, 6) is -0.404. The Hall–Kier alpha value is -3.53. The lowest BCUT2D eigenvalue weighted by Crippen LogP contribution is -2.55. The lowest BCUT2D eigenvalue weighted by atomic mass is 9.99. The summed E-state index contributed by atoms with van der Waals surface area (Å²) in [5, 5.41) is 11.9. The van der Waals surface area contributed by atoms with E-state index in [0.29, 0.717) is 31.9 Å². The Balaban J connectivity index is 1.29. The van der Waals surface area contributed by atoms with Crippen molar-refractivity contribution in [3.63, 3.8) is 0 Å². The Morgan fingerprint density at radius 3 is 2.38 bits per heavy atom. The SMILES string of the molecule is O=CNC1(C(=O)O)CCN(CC(=O)N2CCN(c3ccc(-c4ncccn4)cc3)CC2)C1. The smallest absolute Gasteiger partial charge is 0.330 e. The van der Waals surface area contributed by atoms with Crippen molar-refractivity contribution in [2.24, 2.45) is 0 Å². The Morgan fingerprint density at radius 1 is 1.06 bits per heavy atom. The molecule has 2 amide bonds. The van der Waals surface area contributed by atoms with Crippen LogP contribution in [0.4, 0.5) is 5.69 Å². The molecule has 0 aliphatic carbocycles. The first-order valence-electron chi connectivity index (χ1n) is 10.6. The van der Waals surface area contributed by atoms with E-state index in [1.165, 1.54) is 0 Å². The molecule has 2 aromatic rings. The molecule has 2 aliphatic heterocycles. The fourth-order valence-corrected chi connectivity index (χ4v) is 4.27. The molecule has 1 aromatic carbocycles. The normalized spacial score (nSPS) is 21.4. The van der Waals surface area contributed by atoms with Crippen molar-refractivity contribution in [1.29, 1.82) is 0 Å². The van der Waals surface area contributed by atoms with E-state index in [0.717, 1.165) is 24.3 Å². The number of nitrogens with one attached hydrogen (secondary N) is 1. The van der Waals surface area contributed by atoms with Crippen molar-refractivity contribution in [3.05, 3.63) is 42.7 Å². The average Bonchev–Trinajstić information content (AvgIpc) is 3.24. The minimum absolute atomic E-state index is 0.0199. The van der Waals surface area contributed by atoms with Gasteiger partial charge in [-0.25, -0.2) is 14.8 Å². The summed E-state index contributed by atoms with van der Waals surface area (Å²) >= 11 is 0. The second-order valence-electron chi connectivity index (χ2n) is 8.10. The number of piperazine rings is 1. The number of carboxylic acids is 1. The summed E-state index contributed by atoms with van der Waals surface area (Å²) in [6.45, 7) is 3.39. The van der Waals surface area contributed by atoms with E-state index in [4.69, 9.17) is 0 Å². The third-order valence-electron chi connectivity index (χ3n) is 6.14. The molecule has 3 heterocycles. The third kappa shape index (κ3) is 4.54. The van der Waals surface area contributed by atoms with Gasteiger partial charge in [-0.05, 0) is 36.8 Å². The van der Waals surface area contributed by atoms with Crippen molar-refractivity contribution in [2.75, 3.05) is 50.7 Å². The van der Waals surface area contributed by atoms with E-state index in [1.54, 1.807) is 23.4 Å². The molecule has 2 saturated heterocycles. The molecule has 1 unspecified atom stereocenters. The number of aliphatic carboxylic acids is 1. The van der Waals surface area contributed by atoms with Gasteiger partial charge in [-0.1, -0.05) is 0 Å². The molecule has 0 saturated carbocycles. The predicted octanol–water partition coefficient (Wildman–Crippen LogP) is 0.0673. The van der Waals surface area contributed by atoms with Gasteiger partial charge in [-0.15, -0.1) is 0 Å². The van der Waals surface area contributed by atoms with Crippen molar-refractivity contribution in [3.8, 4) is 11.4 Å². The number of hydrogen-bond acceptors (Lipinski definition) is 7. The maximum absolute atomic E-state index is 12.8. The van der Waals surface area contributed by atoms with E-state index >= 15 is 0 Å². The maximum Gasteiger partial charge on any atom is 0.330 e. The number of rotatable bonds is 7. The van der Waals surface area contributed by atoms with Gasteiger partial charge in [0.25, 0.3) is 0 Å². The number of amides is 2. The molecule has 1 aromatic heterocycles. The van der Waals surface area contributed by atoms with Crippen LogP contribution in [0.5, 0.6) is 0 Å². The summed E-state index contributed by atoms with van der Waals surface area (Å²) < 4.78 is 0. The highest BCUT2D eigenvalue weighted by Gasteiger charge is 2.45. The average molecular weight is 438 g/mol. The first-order chi connectivity index (χ1) is 15.5. The number of benzene rings is 1.